The highest BCUT2D eigenvalue weighted by molar-refractivity contribution is 4.78. The summed E-state index contributed by atoms with van der Waals surface area (Å²) >= 11 is 0. The largest absolute Gasteiger partial charge is 0.381 e. The zero-order chi connectivity index (χ0) is 13.5. The highest BCUT2D eigenvalue weighted by Gasteiger charge is 2.26. The Bertz CT molecular complexity index is 244. The Morgan fingerprint density at radius 3 is 2.53 bits per heavy atom. The van der Waals surface area contributed by atoms with Gasteiger partial charge in [-0.25, -0.2) is 0 Å². The Balaban J connectivity index is 1.61. The summed E-state index contributed by atoms with van der Waals surface area (Å²) in [5, 5.41) is 3.38. The molecule has 0 aromatic heterocycles. The molecule has 2 saturated heterocycles. The van der Waals surface area contributed by atoms with Gasteiger partial charge in [0.25, 0.3) is 0 Å². The summed E-state index contributed by atoms with van der Waals surface area (Å²) < 4.78 is 11.5. The maximum atomic E-state index is 6.09. The number of likely N-dealkylation sites (N-methyl/N-ethyl adjacent to an activating group) is 2. The van der Waals surface area contributed by atoms with Gasteiger partial charge in [0.1, 0.15) is 0 Å². The molecule has 0 aromatic rings. The van der Waals surface area contributed by atoms with E-state index in [2.05, 4.69) is 24.2 Å². The van der Waals surface area contributed by atoms with Gasteiger partial charge in [-0.15, -0.1) is 0 Å². The SMILES string of the molecule is CCNCC1CCC(CN(C)CC2CCOCC2)O1. The highest BCUT2D eigenvalue weighted by Crippen LogP contribution is 2.21. The maximum absolute atomic E-state index is 6.09. The first-order valence-electron chi connectivity index (χ1n) is 7.90. The summed E-state index contributed by atoms with van der Waals surface area (Å²) in [5.41, 5.74) is 0. The van der Waals surface area contributed by atoms with Crippen molar-refractivity contribution >= 4 is 0 Å². The molecule has 0 amide bonds. The molecule has 0 saturated carbocycles. The molecule has 2 aliphatic heterocycles. The lowest BCUT2D eigenvalue weighted by molar-refractivity contribution is 0.0171. The van der Waals surface area contributed by atoms with Crippen molar-refractivity contribution in [3.8, 4) is 0 Å². The lowest BCUT2D eigenvalue weighted by Crippen LogP contribution is -2.35. The van der Waals surface area contributed by atoms with Crippen LogP contribution in [0.25, 0.3) is 0 Å². The molecule has 2 atom stereocenters. The quantitative estimate of drug-likeness (QED) is 0.760. The second-order valence-corrected chi connectivity index (χ2v) is 6.04. The Kier molecular flexibility index (Phi) is 6.57. The fraction of sp³-hybridized carbons (Fsp3) is 1.00. The number of hydrogen-bond acceptors (Lipinski definition) is 4. The first kappa shape index (κ1) is 15.2. The van der Waals surface area contributed by atoms with Crippen LogP contribution < -0.4 is 5.32 Å². The van der Waals surface area contributed by atoms with E-state index >= 15 is 0 Å². The van der Waals surface area contributed by atoms with Gasteiger partial charge in [0, 0.05) is 32.8 Å². The lowest BCUT2D eigenvalue weighted by Gasteiger charge is -2.28. The van der Waals surface area contributed by atoms with E-state index in [1.165, 1.54) is 32.2 Å². The standard InChI is InChI=1S/C15H30N2O2/c1-3-16-10-14-4-5-15(19-14)12-17(2)11-13-6-8-18-9-7-13/h13-16H,3-12H2,1-2H3. The predicted molar refractivity (Wildman–Crippen MR) is 77.5 cm³/mol. The van der Waals surface area contributed by atoms with Crippen LogP contribution in [0.3, 0.4) is 0 Å². The van der Waals surface area contributed by atoms with E-state index in [0.29, 0.717) is 12.2 Å². The van der Waals surface area contributed by atoms with Crippen LogP contribution in [-0.2, 0) is 9.47 Å². The molecule has 0 bridgehead atoms. The molecule has 1 N–H and O–H groups in total. The number of rotatable bonds is 7. The van der Waals surface area contributed by atoms with E-state index in [1.807, 2.05) is 0 Å². The molecule has 4 nitrogen and oxygen atoms in total. The molecule has 0 aliphatic carbocycles. The molecular weight excluding hydrogens is 240 g/mol. The summed E-state index contributed by atoms with van der Waals surface area (Å²) in [6.07, 6.45) is 5.74. The van der Waals surface area contributed by atoms with Crippen molar-refractivity contribution in [2.75, 3.05) is 46.4 Å². The van der Waals surface area contributed by atoms with Crippen LogP contribution in [0, 0.1) is 5.92 Å². The van der Waals surface area contributed by atoms with Crippen molar-refractivity contribution in [1.82, 2.24) is 10.2 Å². The van der Waals surface area contributed by atoms with Crippen LogP contribution in [0.4, 0.5) is 0 Å². The van der Waals surface area contributed by atoms with Gasteiger partial charge in [-0.1, -0.05) is 6.92 Å². The third-order valence-corrected chi connectivity index (χ3v) is 4.24. The Labute approximate surface area is 117 Å². The van der Waals surface area contributed by atoms with Crippen molar-refractivity contribution in [3.63, 3.8) is 0 Å². The van der Waals surface area contributed by atoms with Crippen molar-refractivity contribution in [2.45, 2.75) is 44.8 Å². The predicted octanol–water partition coefficient (Wildman–Crippen LogP) is 1.50. The van der Waals surface area contributed by atoms with E-state index in [1.54, 1.807) is 0 Å². The van der Waals surface area contributed by atoms with Crippen LogP contribution in [0.2, 0.25) is 0 Å². The van der Waals surface area contributed by atoms with Gasteiger partial charge < -0.3 is 19.7 Å². The Morgan fingerprint density at radius 2 is 1.79 bits per heavy atom. The first-order chi connectivity index (χ1) is 9.28. The van der Waals surface area contributed by atoms with Crippen molar-refractivity contribution < 1.29 is 9.47 Å². The third-order valence-electron chi connectivity index (χ3n) is 4.24. The van der Waals surface area contributed by atoms with E-state index < -0.39 is 0 Å². The molecule has 0 radical (unpaired) electrons. The van der Waals surface area contributed by atoms with Gasteiger partial charge in [0.05, 0.1) is 12.2 Å². The van der Waals surface area contributed by atoms with E-state index in [-0.39, 0.29) is 0 Å². The van der Waals surface area contributed by atoms with E-state index in [9.17, 15) is 0 Å². The van der Waals surface area contributed by atoms with Crippen LogP contribution in [-0.4, -0.2) is 63.5 Å². The lowest BCUT2D eigenvalue weighted by atomic mass is 10.00. The molecule has 0 spiro atoms. The van der Waals surface area contributed by atoms with Gasteiger partial charge >= 0.3 is 0 Å². The average Bonchev–Trinajstić information content (AvgIpc) is 2.85. The average molecular weight is 270 g/mol. The van der Waals surface area contributed by atoms with Crippen LogP contribution in [0.1, 0.15) is 32.6 Å². The summed E-state index contributed by atoms with van der Waals surface area (Å²) in [4.78, 5) is 2.45. The molecule has 2 aliphatic rings. The summed E-state index contributed by atoms with van der Waals surface area (Å²) in [5.74, 6) is 0.817. The molecule has 0 aromatic carbocycles. The smallest absolute Gasteiger partial charge is 0.0707 e. The zero-order valence-electron chi connectivity index (χ0n) is 12.6. The number of nitrogens with zero attached hydrogens (tertiary/aromatic N) is 1. The van der Waals surface area contributed by atoms with E-state index in [0.717, 1.165) is 38.8 Å². The Morgan fingerprint density at radius 1 is 1.05 bits per heavy atom. The van der Waals surface area contributed by atoms with Crippen LogP contribution >= 0.6 is 0 Å². The van der Waals surface area contributed by atoms with Gasteiger partial charge in [-0.2, -0.15) is 0 Å². The van der Waals surface area contributed by atoms with Crippen LogP contribution in [0.15, 0.2) is 0 Å². The topological polar surface area (TPSA) is 33.7 Å². The highest BCUT2D eigenvalue weighted by atomic mass is 16.5. The zero-order valence-corrected chi connectivity index (χ0v) is 12.6. The summed E-state index contributed by atoms with van der Waals surface area (Å²) in [6.45, 7) is 8.37. The number of ether oxygens (including phenoxy) is 2. The minimum atomic E-state index is 0.432. The van der Waals surface area contributed by atoms with Crippen molar-refractivity contribution in [3.05, 3.63) is 0 Å². The fourth-order valence-electron chi connectivity index (χ4n) is 3.16. The minimum absolute atomic E-state index is 0.432. The molecule has 2 fully saturated rings. The van der Waals surface area contributed by atoms with Crippen LogP contribution in [0.5, 0.6) is 0 Å². The molecule has 2 unspecified atom stereocenters. The Hall–Kier alpha value is -0.160. The second-order valence-electron chi connectivity index (χ2n) is 6.04. The van der Waals surface area contributed by atoms with Crippen molar-refractivity contribution in [1.29, 1.82) is 0 Å². The fourth-order valence-corrected chi connectivity index (χ4v) is 3.16. The third kappa shape index (κ3) is 5.38. The molecular formula is C15H30N2O2. The van der Waals surface area contributed by atoms with Crippen molar-refractivity contribution in [2.24, 2.45) is 5.92 Å². The maximum Gasteiger partial charge on any atom is 0.0707 e. The van der Waals surface area contributed by atoms with E-state index in [4.69, 9.17) is 9.47 Å². The second kappa shape index (κ2) is 8.20. The monoisotopic (exact) mass is 270 g/mol. The summed E-state index contributed by atoms with van der Waals surface area (Å²) in [6, 6.07) is 0. The normalized spacial score (nSPS) is 29.2. The first-order valence-corrected chi connectivity index (χ1v) is 7.90. The molecule has 112 valence electrons. The van der Waals surface area contributed by atoms with Gasteiger partial charge in [-0.3, -0.25) is 0 Å². The van der Waals surface area contributed by atoms with Gasteiger partial charge in [-0.05, 0) is 45.2 Å². The van der Waals surface area contributed by atoms with Gasteiger partial charge in [0.2, 0.25) is 0 Å². The van der Waals surface area contributed by atoms with Gasteiger partial charge in [0.15, 0.2) is 0 Å². The molecule has 19 heavy (non-hydrogen) atoms. The number of nitrogens with one attached hydrogen (secondary N) is 1. The summed E-state index contributed by atoms with van der Waals surface area (Å²) in [7, 11) is 2.23. The molecule has 4 heteroatoms. The number of hydrogen-bond donors (Lipinski definition) is 1. The minimum Gasteiger partial charge on any atom is -0.381 e. The molecule has 2 rings (SSSR count). The molecule has 2 heterocycles.